The Morgan fingerprint density at radius 2 is 1.57 bits per heavy atom. The maximum Gasteiger partial charge on any atom is 0.264 e. The molecule has 1 N–H and O–H groups in total. The number of nitrogens with zero attached hydrogens (tertiary/aromatic N) is 2. The molecule has 42 heavy (non-hydrogen) atoms. The molecule has 8 nitrogen and oxygen atoms in total. The zero-order valence-corrected chi connectivity index (χ0v) is 25.5. The molecular formula is C33H41N3O5S. The molecule has 1 aliphatic rings. The standard InChI is InChI=1S/C33H41N3O5S/c1-4-31(33(38)34-27-11-7-5-8-12-27)35(23-26-17-21-29(41-3)22-18-26)32(37)24-36(28-19-15-25(2)16-20-28)42(39,40)30-13-9-6-10-14-30/h6,9-10,13-22,27,31H,4-5,7-8,11-12,23-24H2,1-3H3,(H,34,38)/t31-/m0/s1. The Morgan fingerprint density at radius 1 is 0.929 bits per heavy atom. The lowest BCUT2D eigenvalue weighted by Crippen LogP contribution is -2.54. The Kier molecular flexibility index (Phi) is 10.6. The van der Waals surface area contributed by atoms with Gasteiger partial charge < -0.3 is 15.0 Å². The van der Waals surface area contributed by atoms with Crippen molar-refractivity contribution in [2.45, 2.75) is 75.9 Å². The highest BCUT2D eigenvalue weighted by atomic mass is 32.2. The summed E-state index contributed by atoms with van der Waals surface area (Å²) in [6.45, 7) is 3.48. The smallest absolute Gasteiger partial charge is 0.264 e. The summed E-state index contributed by atoms with van der Waals surface area (Å²) in [4.78, 5) is 29.4. The minimum Gasteiger partial charge on any atom is -0.497 e. The van der Waals surface area contributed by atoms with Gasteiger partial charge in [-0.1, -0.05) is 74.2 Å². The summed E-state index contributed by atoms with van der Waals surface area (Å²) >= 11 is 0. The number of amides is 2. The van der Waals surface area contributed by atoms with Gasteiger partial charge >= 0.3 is 0 Å². The number of rotatable bonds is 12. The Hall–Kier alpha value is -3.85. The van der Waals surface area contributed by atoms with Crippen LogP contribution in [0.25, 0.3) is 0 Å². The van der Waals surface area contributed by atoms with Gasteiger partial charge in [-0.25, -0.2) is 8.42 Å². The summed E-state index contributed by atoms with van der Waals surface area (Å²) in [5.74, 6) is 0.00816. The fraction of sp³-hybridized carbons (Fsp3) is 0.394. The predicted octanol–water partition coefficient (Wildman–Crippen LogP) is 5.46. The molecule has 9 heteroatoms. The molecule has 1 fully saturated rings. The lowest BCUT2D eigenvalue weighted by molar-refractivity contribution is -0.140. The number of anilines is 1. The van der Waals surface area contributed by atoms with Gasteiger partial charge in [0, 0.05) is 12.6 Å². The summed E-state index contributed by atoms with van der Waals surface area (Å²) in [6, 6.07) is 21.7. The van der Waals surface area contributed by atoms with Gasteiger partial charge in [0.05, 0.1) is 17.7 Å². The van der Waals surface area contributed by atoms with E-state index in [1.165, 1.54) is 17.0 Å². The molecule has 0 spiro atoms. The zero-order valence-electron chi connectivity index (χ0n) is 24.7. The largest absolute Gasteiger partial charge is 0.497 e. The van der Waals surface area contributed by atoms with Gasteiger partial charge in [0.1, 0.15) is 18.3 Å². The first-order valence-electron chi connectivity index (χ1n) is 14.6. The van der Waals surface area contributed by atoms with Crippen molar-refractivity contribution in [1.29, 1.82) is 0 Å². The van der Waals surface area contributed by atoms with Crippen LogP contribution in [-0.4, -0.2) is 50.9 Å². The van der Waals surface area contributed by atoms with Crippen molar-refractivity contribution in [3.8, 4) is 5.75 Å². The van der Waals surface area contributed by atoms with Crippen LogP contribution in [0.15, 0.2) is 83.8 Å². The molecule has 2 amide bonds. The van der Waals surface area contributed by atoms with Crippen LogP contribution in [0.4, 0.5) is 5.69 Å². The van der Waals surface area contributed by atoms with E-state index in [1.807, 2.05) is 38.1 Å². The molecule has 0 aliphatic heterocycles. The molecular weight excluding hydrogens is 550 g/mol. The first-order valence-corrected chi connectivity index (χ1v) is 16.0. The fourth-order valence-electron chi connectivity index (χ4n) is 5.35. The highest BCUT2D eigenvalue weighted by Crippen LogP contribution is 2.26. The minimum absolute atomic E-state index is 0.0840. The number of ether oxygens (including phenoxy) is 1. The van der Waals surface area contributed by atoms with Gasteiger partial charge in [0.25, 0.3) is 10.0 Å². The average molecular weight is 592 g/mol. The molecule has 0 heterocycles. The quantitative estimate of drug-likeness (QED) is 0.302. The molecule has 1 atom stereocenters. The third-order valence-corrected chi connectivity index (χ3v) is 9.57. The van der Waals surface area contributed by atoms with Crippen molar-refractivity contribution in [2.24, 2.45) is 0 Å². The number of benzene rings is 3. The molecule has 1 aliphatic carbocycles. The van der Waals surface area contributed by atoms with Crippen molar-refractivity contribution in [1.82, 2.24) is 10.2 Å². The Bertz CT molecular complexity index is 1420. The number of methoxy groups -OCH3 is 1. The second-order valence-electron chi connectivity index (χ2n) is 10.8. The molecule has 0 bridgehead atoms. The van der Waals surface area contributed by atoms with Gasteiger partial charge in [-0.05, 0) is 68.1 Å². The van der Waals surface area contributed by atoms with Crippen LogP contribution in [0.3, 0.4) is 0 Å². The van der Waals surface area contributed by atoms with Gasteiger partial charge in [0.15, 0.2) is 0 Å². The zero-order chi connectivity index (χ0) is 30.1. The summed E-state index contributed by atoms with van der Waals surface area (Å²) in [5, 5.41) is 3.17. The number of carbonyl (C=O) groups is 2. The van der Waals surface area contributed by atoms with Crippen LogP contribution in [0, 0.1) is 6.92 Å². The topological polar surface area (TPSA) is 96.0 Å². The van der Waals surface area contributed by atoms with Crippen molar-refractivity contribution < 1.29 is 22.7 Å². The van der Waals surface area contributed by atoms with Gasteiger partial charge in [-0.3, -0.25) is 13.9 Å². The maximum atomic E-state index is 14.2. The van der Waals surface area contributed by atoms with E-state index in [4.69, 9.17) is 4.74 Å². The van der Waals surface area contributed by atoms with E-state index in [0.717, 1.165) is 47.5 Å². The molecule has 3 aromatic rings. The van der Waals surface area contributed by atoms with Crippen LogP contribution in [0.2, 0.25) is 0 Å². The summed E-state index contributed by atoms with van der Waals surface area (Å²) < 4.78 is 34.2. The highest BCUT2D eigenvalue weighted by Gasteiger charge is 2.34. The van der Waals surface area contributed by atoms with E-state index < -0.39 is 28.5 Å². The van der Waals surface area contributed by atoms with Crippen molar-refractivity contribution in [2.75, 3.05) is 18.0 Å². The lowest BCUT2D eigenvalue weighted by atomic mass is 9.95. The van der Waals surface area contributed by atoms with Crippen LogP contribution in [0.1, 0.15) is 56.6 Å². The van der Waals surface area contributed by atoms with E-state index in [1.54, 1.807) is 49.6 Å². The molecule has 4 rings (SSSR count). The summed E-state index contributed by atoms with van der Waals surface area (Å²) in [6.07, 6.45) is 5.53. The van der Waals surface area contributed by atoms with E-state index in [-0.39, 0.29) is 23.4 Å². The van der Waals surface area contributed by atoms with Crippen LogP contribution in [0.5, 0.6) is 5.75 Å². The van der Waals surface area contributed by atoms with Crippen molar-refractivity contribution in [3.63, 3.8) is 0 Å². The monoisotopic (exact) mass is 591 g/mol. The number of hydrogen-bond donors (Lipinski definition) is 1. The Morgan fingerprint density at radius 3 is 2.17 bits per heavy atom. The van der Waals surface area contributed by atoms with E-state index in [2.05, 4.69) is 5.32 Å². The number of sulfonamides is 1. The Balaban J connectivity index is 1.69. The SMILES string of the molecule is CC[C@@H](C(=O)NC1CCCCC1)N(Cc1ccc(OC)cc1)C(=O)CN(c1ccc(C)cc1)S(=O)(=O)c1ccccc1. The molecule has 0 saturated heterocycles. The number of aryl methyl sites for hydroxylation is 1. The lowest BCUT2D eigenvalue weighted by Gasteiger charge is -2.34. The number of carbonyl (C=O) groups excluding carboxylic acids is 2. The summed E-state index contributed by atoms with van der Waals surface area (Å²) in [5.41, 5.74) is 2.15. The maximum absolute atomic E-state index is 14.2. The summed E-state index contributed by atoms with van der Waals surface area (Å²) in [7, 11) is -2.50. The van der Waals surface area contributed by atoms with Crippen molar-refractivity contribution in [3.05, 3.63) is 90.0 Å². The second-order valence-corrected chi connectivity index (χ2v) is 12.7. The highest BCUT2D eigenvalue weighted by molar-refractivity contribution is 7.92. The van der Waals surface area contributed by atoms with Crippen LogP contribution >= 0.6 is 0 Å². The molecule has 0 radical (unpaired) electrons. The van der Waals surface area contributed by atoms with Crippen LogP contribution < -0.4 is 14.4 Å². The number of hydrogen-bond acceptors (Lipinski definition) is 5. The Labute approximate surface area is 249 Å². The first-order chi connectivity index (χ1) is 20.2. The number of nitrogens with one attached hydrogen (secondary N) is 1. The first kappa shape index (κ1) is 31.1. The van der Waals surface area contributed by atoms with Crippen molar-refractivity contribution >= 4 is 27.5 Å². The predicted molar refractivity (Wildman–Crippen MR) is 165 cm³/mol. The normalized spacial score (nSPS) is 14.5. The van der Waals surface area contributed by atoms with E-state index >= 15 is 0 Å². The average Bonchev–Trinajstić information content (AvgIpc) is 3.01. The van der Waals surface area contributed by atoms with E-state index in [9.17, 15) is 18.0 Å². The minimum atomic E-state index is -4.08. The second kappa shape index (κ2) is 14.4. The fourth-order valence-corrected chi connectivity index (χ4v) is 6.79. The molecule has 0 aromatic heterocycles. The van der Waals surface area contributed by atoms with Crippen LogP contribution in [-0.2, 0) is 26.2 Å². The molecule has 3 aromatic carbocycles. The third-order valence-electron chi connectivity index (χ3n) is 7.78. The third kappa shape index (κ3) is 7.70. The van der Waals surface area contributed by atoms with E-state index in [0.29, 0.717) is 17.9 Å². The van der Waals surface area contributed by atoms with Gasteiger partial charge in [-0.2, -0.15) is 0 Å². The molecule has 0 unspecified atom stereocenters. The molecule has 1 saturated carbocycles. The molecule has 224 valence electrons. The van der Waals surface area contributed by atoms with Gasteiger partial charge in [0.2, 0.25) is 11.8 Å². The van der Waals surface area contributed by atoms with Gasteiger partial charge in [-0.15, -0.1) is 0 Å².